The van der Waals surface area contributed by atoms with Crippen molar-refractivity contribution >= 4 is 21.9 Å². The molecule has 0 saturated carbocycles. The molecule has 0 saturated heterocycles. The van der Waals surface area contributed by atoms with Gasteiger partial charge in [0.15, 0.2) is 5.69 Å². The van der Waals surface area contributed by atoms with E-state index in [1.165, 1.54) is 6.07 Å². The summed E-state index contributed by atoms with van der Waals surface area (Å²) in [5.74, 6) is -0.831. The molecule has 0 spiro atoms. The lowest BCUT2D eigenvalue weighted by molar-refractivity contribution is 0.0507. The van der Waals surface area contributed by atoms with E-state index in [4.69, 9.17) is 0 Å². The number of alkyl halides is 2. The number of rotatable bonds is 3. The van der Waals surface area contributed by atoms with Crippen molar-refractivity contribution in [3.8, 4) is 0 Å². The van der Waals surface area contributed by atoms with Crippen LogP contribution in [0.15, 0.2) is 10.5 Å². The van der Waals surface area contributed by atoms with Crippen LogP contribution in [0.1, 0.15) is 35.1 Å². The molecule has 6 heteroatoms. The van der Waals surface area contributed by atoms with Crippen molar-refractivity contribution in [2.45, 2.75) is 20.3 Å². The second-order valence-electron chi connectivity index (χ2n) is 3.03. The third kappa shape index (κ3) is 2.75. The molecule has 1 rings (SSSR count). The van der Waals surface area contributed by atoms with Crippen molar-refractivity contribution in [3.05, 3.63) is 27.5 Å². The second-order valence-corrected chi connectivity index (χ2v) is 3.88. The Kier molecular flexibility index (Phi) is 4.35. The maximum Gasteiger partial charge on any atom is 0.357 e. The van der Waals surface area contributed by atoms with E-state index in [-0.39, 0.29) is 16.8 Å². The zero-order chi connectivity index (χ0) is 12.3. The Morgan fingerprint density at radius 1 is 1.62 bits per heavy atom. The predicted octanol–water partition coefficient (Wildman–Crippen LogP) is 3.27. The largest absolute Gasteiger partial charge is 0.461 e. The summed E-state index contributed by atoms with van der Waals surface area (Å²) in [6.07, 6.45) is -2.78. The zero-order valence-corrected chi connectivity index (χ0v) is 10.3. The number of aromatic nitrogens is 1. The van der Waals surface area contributed by atoms with Gasteiger partial charge in [-0.05, 0) is 19.9 Å². The second kappa shape index (κ2) is 5.34. The number of hydrogen-bond donors (Lipinski definition) is 0. The van der Waals surface area contributed by atoms with E-state index >= 15 is 0 Å². The lowest BCUT2D eigenvalue weighted by Gasteiger charge is -2.10. The molecule has 16 heavy (non-hydrogen) atoms. The Morgan fingerprint density at radius 3 is 2.75 bits per heavy atom. The van der Waals surface area contributed by atoms with Crippen LogP contribution < -0.4 is 0 Å². The third-order valence-corrected chi connectivity index (χ3v) is 2.48. The molecular formula is C10H10BrF2NO2. The number of esters is 1. The standard InChI is InChI=1S/C10H10BrF2NO2/c1-3-16-10(15)8-7(9(12)13)6(11)4-5(2)14-8/h4,9H,3H2,1-2H3. The predicted molar refractivity (Wildman–Crippen MR) is 57.6 cm³/mol. The highest BCUT2D eigenvalue weighted by molar-refractivity contribution is 9.10. The SMILES string of the molecule is CCOC(=O)c1nc(C)cc(Br)c1C(F)F. The summed E-state index contributed by atoms with van der Waals surface area (Å²) >= 11 is 2.99. The topological polar surface area (TPSA) is 39.2 Å². The van der Waals surface area contributed by atoms with Gasteiger partial charge in [-0.15, -0.1) is 0 Å². The number of aryl methyl sites for hydroxylation is 1. The first-order valence-corrected chi connectivity index (χ1v) is 5.39. The van der Waals surface area contributed by atoms with Crippen LogP contribution in [0.3, 0.4) is 0 Å². The van der Waals surface area contributed by atoms with Crippen molar-refractivity contribution in [2.24, 2.45) is 0 Å². The molecule has 1 aromatic rings. The highest BCUT2D eigenvalue weighted by Crippen LogP contribution is 2.30. The summed E-state index contributed by atoms with van der Waals surface area (Å²) in [5, 5.41) is 0. The Balaban J connectivity index is 3.29. The molecule has 0 radical (unpaired) electrons. The lowest BCUT2D eigenvalue weighted by atomic mass is 10.2. The molecular weight excluding hydrogens is 284 g/mol. The van der Waals surface area contributed by atoms with Crippen LogP contribution in [-0.2, 0) is 4.74 Å². The number of halogens is 3. The first kappa shape index (κ1) is 13.0. The average molecular weight is 294 g/mol. The van der Waals surface area contributed by atoms with Crippen LogP contribution in [0, 0.1) is 6.92 Å². The summed E-state index contributed by atoms with van der Waals surface area (Å²) < 4.78 is 30.3. The van der Waals surface area contributed by atoms with Crippen LogP contribution >= 0.6 is 15.9 Å². The van der Waals surface area contributed by atoms with Crippen molar-refractivity contribution < 1.29 is 18.3 Å². The number of nitrogens with zero attached hydrogens (tertiary/aromatic N) is 1. The molecule has 0 aliphatic rings. The molecule has 3 nitrogen and oxygen atoms in total. The van der Waals surface area contributed by atoms with Crippen LogP contribution in [-0.4, -0.2) is 17.6 Å². The first-order chi connectivity index (χ1) is 7.47. The van der Waals surface area contributed by atoms with E-state index in [1.54, 1.807) is 13.8 Å². The summed E-state index contributed by atoms with van der Waals surface area (Å²) in [6.45, 7) is 3.34. The van der Waals surface area contributed by atoms with E-state index < -0.39 is 18.0 Å². The summed E-state index contributed by atoms with van der Waals surface area (Å²) in [4.78, 5) is 15.2. The molecule has 0 N–H and O–H groups in total. The molecule has 0 unspecified atom stereocenters. The fourth-order valence-corrected chi connectivity index (χ4v) is 1.90. The number of pyridine rings is 1. The maximum atomic E-state index is 12.7. The first-order valence-electron chi connectivity index (χ1n) is 4.59. The van der Waals surface area contributed by atoms with Crippen LogP contribution in [0.5, 0.6) is 0 Å². The Morgan fingerprint density at radius 2 is 2.25 bits per heavy atom. The van der Waals surface area contributed by atoms with Gasteiger partial charge in [0.1, 0.15) is 0 Å². The summed E-state index contributed by atoms with van der Waals surface area (Å²) in [6, 6.07) is 1.43. The lowest BCUT2D eigenvalue weighted by Crippen LogP contribution is -2.12. The highest BCUT2D eigenvalue weighted by atomic mass is 79.9. The van der Waals surface area contributed by atoms with Crippen molar-refractivity contribution in [1.82, 2.24) is 4.98 Å². The molecule has 1 aromatic heterocycles. The Hall–Kier alpha value is -1.04. The molecule has 0 aliphatic carbocycles. The molecule has 0 aromatic carbocycles. The average Bonchev–Trinajstić information content (AvgIpc) is 2.15. The minimum absolute atomic E-state index is 0.120. The van der Waals surface area contributed by atoms with Gasteiger partial charge in [0.05, 0.1) is 12.2 Å². The summed E-state index contributed by atoms with van der Waals surface area (Å²) in [7, 11) is 0. The van der Waals surface area contributed by atoms with E-state index in [1.807, 2.05) is 0 Å². The van der Waals surface area contributed by atoms with Gasteiger partial charge in [0, 0.05) is 10.2 Å². The van der Waals surface area contributed by atoms with Crippen molar-refractivity contribution in [2.75, 3.05) is 6.61 Å². The van der Waals surface area contributed by atoms with Gasteiger partial charge in [0.2, 0.25) is 0 Å². The van der Waals surface area contributed by atoms with Crippen molar-refractivity contribution in [3.63, 3.8) is 0 Å². The molecule has 0 bridgehead atoms. The van der Waals surface area contributed by atoms with Crippen molar-refractivity contribution in [1.29, 1.82) is 0 Å². The number of ether oxygens (including phenoxy) is 1. The van der Waals surface area contributed by atoms with Gasteiger partial charge in [0.25, 0.3) is 6.43 Å². The summed E-state index contributed by atoms with van der Waals surface area (Å²) in [5.41, 5.74) is -0.285. The van der Waals surface area contributed by atoms with E-state index in [2.05, 4.69) is 25.7 Å². The number of carbonyl (C=O) groups excluding carboxylic acids is 1. The quantitative estimate of drug-likeness (QED) is 0.803. The van der Waals surface area contributed by atoms with Gasteiger partial charge >= 0.3 is 5.97 Å². The van der Waals surface area contributed by atoms with Gasteiger partial charge in [-0.2, -0.15) is 0 Å². The normalized spacial score (nSPS) is 10.6. The molecule has 88 valence electrons. The fraction of sp³-hybridized carbons (Fsp3) is 0.400. The molecule has 1 heterocycles. The van der Waals surface area contributed by atoms with E-state index in [9.17, 15) is 13.6 Å². The third-order valence-electron chi connectivity index (χ3n) is 1.82. The van der Waals surface area contributed by atoms with Gasteiger partial charge in [-0.1, -0.05) is 15.9 Å². The van der Waals surface area contributed by atoms with Gasteiger partial charge in [-0.3, -0.25) is 0 Å². The van der Waals surface area contributed by atoms with Crippen LogP contribution in [0.25, 0.3) is 0 Å². The molecule has 0 amide bonds. The maximum absolute atomic E-state index is 12.7. The minimum atomic E-state index is -2.78. The zero-order valence-electron chi connectivity index (χ0n) is 8.76. The molecule has 0 aliphatic heterocycles. The highest BCUT2D eigenvalue weighted by Gasteiger charge is 2.24. The number of hydrogen-bond acceptors (Lipinski definition) is 3. The van der Waals surface area contributed by atoms with E-state index in [0.717, 1.165) is 0 Å². The monoisotopic (exact) mass is 293 g/mol. The number of carbonyl (C=O) groups is 1. The van der Waals surface area contributed by atoms with E-state index in [0.29, 0.717) is 5.69 Å². The molecule has 0 fully saturated rings. The fourth-order valence-electron chi connectivity index (χ4n) is 1.21. The Bertz CT molecular complexity index is 410. The smallest absolute Gasteiger partial charge is 0.357 e. The minimum Gasteiger partial charge on any atom is -0.461 e. The van der Waals surface area contributed by atoms with Crippen LogP contribution in [0.4, 0.5) is 8.78 Å². The van der Waals surface area contributed by atoms with Crippen LogP contribution in [0.2, 0.25) is 0 Å². The Labute approximate surface area is 99.9 Å². The van der Waals surface area contributed by atoms with Gasteiger partial charge < -0.3 is 4.74 Å². The molecule has 0 atom stereocenters. The van der Waals surface area contributed by atoms with Gasteiger partial charge in [-0.25, -0.2) is 18.6 Å².